The first-order valence-corrected chi connectivity index (χ1v) is 11.4. The van der Waals surface area contributed by atoms with E-state index in [1.54, 1.807) is 21.1 Å². The minimum atomic E-state index is -0.231. The quantitative estimate of drug-likeness (QED) is 0.323. The van der Waals surface area contributed by atoms with Gasteiger partial charge in [0.1, 0.15) is 0 Å². The van der Waals surface area contributed by atoms with Gasteiger partial charge in [-0.1, -0.05) is 60.7 Å². The summed E-state index contributed by atoms with van der Waals surface area (Å²) in [6.45, 7) is 2.19. The lowest BCUT2D eigenvalue weighted by molar-refractivity contribution is -0.121. The van der Waals surface area contributed by atoms with Crippen LogP contribution in [0.2, 0.25) is 0 Å². The summed E-state index contributed by atoms with van der Waals surface area (Å²) < 4.78 is 10.5. The summed E-state index contributed by atoms with van der Waals surface area (Å²) in [5.74, 6) is 0.934. The zero-order valence-electron chi connectivity index (χ0n) is 20.3. The Balaban J connectivity index is 1.40. The summed E-state index contributed by atoms with van der Waals surface area (Å²) in [5.41, 5.74) is 7.21. The number of rotatable bonds is 11. The van der Waals surface area contributed by atoms with Crippen molar-refractivity contribution in [1.29, 1.82) is 0 Å². The molecule has 0 saturated heterocycles. The molecule has 35 heavy (non-hydrogen) atoms. The Morgan fingerprint density at radius 3 is 2.14 bits per heavy atom. The number of benzene rings is 3. The number of amides is 2. The van der Waals surface area contributed by atoms with Gasteiger partial charge in [-0.25, -0.2) is 5.43 Å². The molecule has 0 radical (unpaired) electrons. The Morgan fingerprint density at radius 1 is 0.800 bits per heavy atom. The van der Waals surface area contributed by atoms with Crippen LogP contribution in [0.25, 0.3) is 11.1 Å². The average Bonchev–Trinajstić information content (AvgIpc) is 2.88. The lowest BCUT2D eigenvalue weighted by atomic mass is 10.0. The number of methoxy groups -OCH3 is 2. The van der Waals surface area contributed by atoms with E-state index < -0.39 is 0 Å². The van der Waals surface area contributed by atoms with Gasteiger partial charge in [-0.05, 0) is 47.7 Å². The highest BCUT2D eigenvalue weighted by Gasteiger charge is 2.08. The molecule has 0 fully saturated rings. The van der Waals surface area contributed by atoms with Crippen LogP contribution in [0.1, 0.15) is 24.5 Å². The molecule has 3 aromatic rings. The van der Waals surface area contributed by atoms with E-state index in [1.165, 1.54) is 0 Å². The maximum absolute atomic E-state index is 12.2. The zero-order chi connectivity index (χ0) is 25.0. The normalized spacial score (nSPS) is 11.0. The highest BCUT2D eigenvalue weighted by molar-refractivity contribution is 6.00. The predicted octanol–water partition coefficient (Wildman–Crippen LogP) is 4.15. The molecule has 3 rings (SSSR count). The van der Waals surface area contributed by atoms with Gasteiger partial charge < -0.3 is 14.8 Å². The molecule has 0 aliphatic rings. The van der Waals surface area contributed by atoms with Crippen molar-refractivity contribution >= 4 is 17.5 Å². The Bertz CT molecular complexity index is 1160. The topological polar surface area (TPSA) is 89.0 Å². The first kappa shape index (κ1) is 25.5. The van der Waals surface area contributed by atoms with E-state index in [1.807, 2.05) is 72.8 Å². The minimum Gasteiger partial charge on any atom is -0.493 e. The Labute approximate surface area is 206 Å². The van der Waals surface area contributed by atoms with Crippen molar-refractivity contribution in [2.75, 3.05) is 20.8 Å². The lowest BCUT2D eigenvalue weighted by Gasteiger charge is -2.10. The maximum atomic E-state index is 12.2. The zero-order valence-corrected chi connectivity index (χ0v) is 20.3. The van der Waals surface area contributed by atoms with Gasteiger partial charge >= 0.3 is 0 Å². The average molecular weight is 474 g/mol. The number of hydrazone groups is 1. The fraction of sp³-hybridized carbons (Fsp3) is 0.250. The summed E-state index contributed by atoms with van der Waals surface area (Å²) >= 11 is 0. The molecule has 0 aliphatic carbocycles. The number of hydrogen-bond donors (Lipinski definition) is 2. The van der Waals surface area contributed by atoms with Gasteiger partial charge in [0.2, 0.25) is 11.8 Å². The summed E-state index contributed by atoms with van der Waals surface area (Å²) in [5, 5.41) is 6.93. The molecule has 0 aromatic heterocycles. The second-order valence-electron chi connectivity index (χ2n) is 8.09. The van der Waals surface area contributed by atoms with Gasteiger partial charge in [0.15, 0.2) is 11.5 Å². The van der Waals surface area contributed by atoms with Gasteiger partial charge in [-0.2, -0.15) is 5.10 Å². The molecule has 7 nitrogen and oxygen atoms in total. The van der Waals surface area contributed by atoms with Gasteiger partial charge in [-0.3, -0.25) is 9.59 Å². The summed E-state index contributed by atoms with van der Waals surface area (Å²) in [7, 11) is 3.18. The van der Waals surface area contributed by atoms with Crippen LogP contribution in [0.15, 0.2) is 77.9 Å². The van der Waals surface area contributed by atoms with Crippen molar-refractivity contribution in [3.05, 3.63) is 83.9 Å². The molecule has 7 heteroatoms. The largest absolute Gasteiger partial charge is 0.493 e. The molecule has 0 atom stereocenters. The number of nitrogens with zero attached hydrogens (tertiary/aromatic N) is 1. The van der Waals surface area contributed by atoms with Crippen molar-refractivity contribution in [1.82, 2.24) is 10.7 Å². The maximum Gasteiger partial charge on any atom is 0.244 e. The van der Waals surface area contributed by atoms with E-state index in [9.17, 15) is 9.59 Å². The van der Waals surface area contributed by atoms with Gasteiger partial charge in [0, 0.05) is 12.3 Å². The molecule has 182 valence electrons. The smallest absolute Gasteiger partial charge is 0.244 e. The third-order valence-corrected chi connectivity index (χ3v) is 5.40. The van der Waals surface area contributed by atoms with Crippen LogP contribution in [0.3, 0.4) is 0 Å². The van der Waals surface area contributed by atoms with Crippen molar-refractivity contribution in [3.63, 3.8) is 0 Å². The van der Waals surface area contributed by atoms with Crippen LogP contribution in [-0.2, 0) is 22.4 Å². The number of carbonyl (C=O) groups is 2. The highest BCUT2D eigenvalue weighted by atomic mass is 16.5. The van der Waals surface area contributed by atoms with Gasteiger partial charge in [0.05, 0.1) is 27.1 Å². The minimum absolute atomic E-state index is 0.109. The van der Waals surface area contributed by atoms with Crippen molar-refractivity contribution in [2.24, 2.45) is 5.10 Å². The van der Waals surface area contributed by atoms with E-state index >= 15 is 0 Å². The third-order valence-electron chi connectivity index (χ3n) is 5.40. The Kier molecular flexibility index (Phi) is 9.42. The van der Waals surface area contributed by atoms with Crippen LogP contribution in [0.4, 0.5) is 0 Å². The highest BCUT2D eigenvalue weighted by Crippen LogP contribution is 2.27. The van der Waals surface area contributed by atoms with Crippen LogP contribution >= 0.6 is 0 Å². The molecule has 3 aromatic carbocycles. The Morgan fingerprint density at radius 2 is 1.46 bits per heavy atom. The number of hydrogen-bond acceptors (Lipinski definition) is 5. The molecule has 0 saturated carbocycles. The molecule has 2 N–H and O–H groups in total. The fourth-order valence-electron chi connectivity index (χ4n) is 3.55. The molecule has 0 bridgehead atoms. The Hall–Kier alpha value is -4.13. The SMILES string of the molecule is COc1ccc(CCNC(=O)C/C(C)=N/NC(=O)Cc2ccc(-c3ccccc3)cc2)cc1OC. The lowest BCUT2D eigenvalue weighted by Crippen LogP contribution is -2.28. The summed E-state index contributed by atoms with van der Waals surface area (Å²) in [4.78, 5) is 24.4. The number of nitrogens with one attached hydrogen (secondary N) is 2. The van der Waals surface area contributed by atoms with E-state index in [4.69, 9.17) is 9.47 Å². The second-order valence-corrected chi connectivity index (χ2v) is 8.09. The molecule has 0 unspecified atom stereocenters. The van der Waals surface area contributed by atoms with Crippen molar-refractivity contribution in [2.45, 2.75) is 26.2 Å². The number of ether oxygens (including phenoxy) is 2. The van der Waals surface area contributed by atoms with Crippen molar-refractivity contribution in [3.8, 4) is 22.6 Å². The van der Waals surface area contributed by atoms with Crippen LogP contribution in [0.5, 0.6) is 11.5 Å². The summed E-state index contributed by atoms with van der Waals surface area (Å²) in [6.07, 6.45) is 0.976. The third kappa shape index (κ3) is 7.99. The monoisotopic (exact) mass is 473 g/mol. The number of carbonyl (C=O) groups excluding carboxylic acids is 2. The molecule has 0 heterocycles. The van der Waals surface area contributed by atoms with Crippen LogP contribution in [-0.4, -0.2) is 38.3 Å². The first-order valence-electron chi connectivity index (χ1n) is 11.4. The first-order chi connectivity index (χ1) is 17.0. The molecular weight excluding hydrogens is 442 g/mol. The van der Waals surface area contributed by atoms with Crippen LogP contribution in [0, 0.1) is 0 Å². The molecular formula is C28H31N3O4. The molecule has 2 amide bonds. The predicted molar refractivity (Wildman–Crippen MR) is 138 cm³/mol. The van der Waals surface area contributed by atoms with Crippen molar-refractivity contribution < 1.29 is 19.1 Å². The standard InChI is InChI=1S/C28H31N3O4/c1-20(17-27(32)29-16-15-22-11-14-25(34-2)26(18-22)35-3)30-31-28(33)19-21-9-12-24(13-10-21)23-7-5-4-6-8-23/h4-14,18H,15-17,19H2,1-3H3,(H,29,32)(H,31,33)/b30-20+. The van der Waals surface area contributed by atoms with E-state index in [0.29, 0.717) is 30.2 Å². The van der Waals surface area contributed by atoms with E-state index in [0.717, 1.165) is 22.3 Å². The molecule has 0 spiro atoms. The van der Waals surface area contributed by atoms with E-state index in [-0.39, 0.29) is 24.7 Å². The van der Waals surface area contributed by atoms with Gasteiger partial charge in [-0.15, -0.1) is 0 Å². The summed E-state index contributed by atoms with van der Waals surface area (Å²) in [6, 6.07) is 23.6. The van der Waals surface area contributed by atoms with E-state index in [2.05, 4.69) is 15.8 Å². The second kappa shape index (κ2) is 12.9. The fourth-order valence-corrected chi connectivity index (χ4v) is 3.55. The van der Waals surface area contributed by atoms with Crippen LogP contribution < -0.4 is 20.2 Å². The van der Waals surface area contributed by atoms with Gasteiger partial charge in [0.25, 0.3) is 0 Å². The molecule has 0 aliphatic heterocycles.